The molecule has 8 nitrogen and oxygen atoms in total. The van der Waals surface area contributed by atoms with Gasteiger partial charge in [-0.2, -0.15) is 0 Å². The first-order valence-corrected chi connectivity index (χ1v) is 9.25. The standard InChI is InChI=1S/C19H24N4O4/c1-12-10-22(11-17-20-21-18(23(12)17)13-3-4-13)19(25)14-7-15(24)9-16(8-14)27-6-5-26-2/h7-9,12-13,24H,3-6,10-11H2,1-2H3/t12-/m0/s1. The molecular formula is C19H24N4O4. The zero-order valence-corrected chi connectivity index (χ0v) is 15.6. The van der Waals surface area contributed by atoms with Crippen molar-refractivity contribution in [1.29, 1.82) is 0 Å². The van der Waals surface area contributed by atoms with Crippen molar-refractivity contribution in [3.8, 4) is 11.5 Å². The number of hydrogen-bond acceptors (Lipinski definition) is 6. The van der Waals surface area contributed by atoms with Crippen molar-refractivity contribution in [3.05, 3.63) is 35.4 Å². The van der Waals surface area contributed by atoms with E-state index in [4.69, 9.17) is 9.47 Å². The predicted octanol–water partition coefficient (Wildman–Crippen LogP) is 2.10. The van der Waals surface area contributed by atoms with Crippen LogP contribution in [-0.2, 0) is 11.3 Å². The first kappa shape index (κ1) is 17.8. The van der Waals surface area contributed by atoms with Gasteiger partial charge in [-0.1, -0.05) is 0 Å². The number of phenols is 1. The number of fused-ring (bicyclic) bond motifs is 1. The lowest BCUT2D eigenvalue weighted by Gasteiger charge is -2.32. The van der Waals surface area contributed by atoms with Crippen LogP contribution >= 0.6 is 0 Å². The van der Waals surface area contributed by atoms with Crippen LogP contribution in [0.15, 0.2) is 18.2 Å². The third kappa shape index (κ3) is 3.62. The fraction of sp³-hybridized carbons (Fsp3) is 0.526. The number of ether oxygens (including phenoxy) is 2. The number of phenolic OH excluding ortho intramolecular Hbond substituents is 1. The van der Waals surface area contributed by atoms with Crippen LogP contribution in [0.3, 0.4) is 0 Å². The Morgan fingerprint density at radius 2 is 2.07 bits per heavy atom. The maximum absolute atomic E-state index is 13.0. The van der Waals surface area contributed by atoms with Gasteiger partial charge in [0.05, 0.1) is 19.2 Å². The molecule has 0 saturated heterocycles. The van der Waals surface area contributed by atoms with Crippen molar-refractivity contribution >= 4 is 5.91 Å². The van der Waals surface area contributed by atoms with Crippen molar-refractivity contribution in [2.45, 2.75) is 38.3 Å². The average molecular weight is 372 g/mol. The normalized spacial score (nSPS) is 19.0. The van der Waals surface area contributed by atoms with Crippen molar-refractivity contribution in [2.75, 3.05) is 26.9 Å². The smallest absolute Gasteiger partial charge is 0.254 e. The van der Waals surface area contributed by atoms with Gasteiger partial charge < -0.3 is 24.0 Å². The molecule has 1 N–H and O–H groups in total. The Bertz CT molecular complexity index is 846. The summed E-state index contributed by atoms with van der Waals surface area (Å²) in [7, 11) is 1.59. The molecule has 1 aliphatic carbocycles. The average Bonchev–Trinajstić information content (AvgIpc) is 3.40. The Hall–Kier alpha value is -2.61. The summed E-state index contributed by atoms with van der Waals surface area (Å²) in [5, 5.41) is 18.6. The first-order valence-electron chi connectivity index (χ1n) is 9.25. The Morgan fingerprint density at radius 3 is 2.81 bits per heavy atom. The number of carbonyl (C=O) groups excluding carboxylic acids is 1. The van der Waals surface area contributed by atoms with Gasteiger partial charge in [-0.05, 0) is 31.9 Å². The molecule has 4 rings (SSSR count). The molecule has 144 valence electrons. The third-order valence-electron chi connectivity index (χ3n) is 4.97. The van der Waals surface area contributed by atoms with Gasteiger partial charge in [0.1, 0.15) is 23.9 Å². The minimum absolute atomic E-state index is 0.00230. The van der Waals surface area contributed by atoms with Crippen LogP contribution in [-0.4, -0.2) is 57.5 Å². The lowest BCUT2D eigenvalue weighted by atomic mass is 10.1. The maximum Gasteiger partial charge on any atom is 0.254 e. The Morgan fingerprint density at radius 1 is 1.26 bits per heavy atom. The molecular weight excluding hydrogens is 348 g/mol. The van der Waals surface area contributed by atoms with E-state index in [1.165, 1.54) is 25.0 Å². The molecule has 8 heteroatoms. The Kier molecular flexibility index (Phi) is 4.73. The van der Waals surface area contributed by atoms with E-state index in [1.54, 1.807) is 18.1 Å². The summed E-state index contributed by atoms with van der Waals surface area (Å²) in [5.74, 6) is 2.68. The molecule has 1 fully saturated rings. The highest BCUT2D eigenvalue weighted by Gasteiger charge is 2.35. The molecule has 2 aliphatic rings. The van der Waals surface area contributed by atoms with E-state index in [1.807, 2.05) is 0 Å². The SMILES string of the molecule is COCCOc1cc(O)cc(C(=O)N2Cc3nnc(C4CC4)n3[C@@H](C)C2)c1. The second-order valence-corrected chi connectivity index (χ2v) is 7.21. The number of amides is 1. The summed E-state index contributed by atoms with van der Waals surface area (Å²) in [6.45, 7) is 3.86. The molecule has 1 saturated carbocycles. The summed E-state index contributed by atoms with van der Waals surface area (Å²) >= 11 is 0. The second kappa shape index (κ2) is 7.19. The lowest BCUT2D eigenvalue weighted by Crippen LogP contribution is -2.40. The highest BCUT2D eigenvalue weighted by atomic mass is 16.5. The van der Waals surface area contributed by atoms with Crippen LogP contribution in [0.25, 0.3) is 0 Å². The number of aromatic hydroxyl groups is 1. The number of rotatable bonds is 6. The molecule has 1 aromatic heterocycles. The molecule has 0 spiro atoms. The lowest BCUT2D eigenvalue weighted by molar-refractivity contribution is 0.0678. The van der Waals surface area contributed by atoms with E-state index in [-0.39, 0.29) is 17.7 Å². The number of methoxy groups -OCH3 is 1. The summed E-state index contributed by atoms with van der Waals surface area (Å²) < 4.78 is 12.7. The zero-order valence-electron chi connectivity index (χ0n) is 15.6. The molecule has 1 atom stereocenters. The number of aromatic nitrogens is 3. The van der Waals surface area contributed by atoms with Gasteiger partial charge >= 0.3 is 0 Å². The number of hydrogen-bond donors (Lipinski definition) is 1. The summed E-state index contributed by atoms with van der Waals surface area (Å²) in [6.07, 6.45) is 2.34. The van der Waals surface area contributed by atoms with Crippen molar-refractivity contribution in [3.63, 3.8) is 0 Å². The Balaban J connectivity index is 1.52. The van der Waals surface area contributed by atoms with Gasteiger partial charge in [-0.25, -0.2) is 0 Å². The first-order chi connectivity index (χ1) is 13.1. The maximum atomic E-state index is 13.0. The predicted molar refractivity (Wildman–Crippen MR) is 96.9 cm³/mol. The minimum atomic E-state index is -0.156. The van der Waals surface area contributed by atoms with Crippen LogP contribution in [0.5, 0.6) is 11.5 Å². The molecule has 2 heterocycles. The van der Waals surface area contributed by atoms with Crippen molar-refractivity contribution in [1.82, 2.24) is 19.7 Å². The highest BCUT2D eigenvalue weighted by Crippen LogP contribution is 2.41. The van der Waals surface area contributed by atoms with Gasteiger partial charge in [-0.15, -0.1) is 10.2 Å². The van der Waals surface area contributed by atoms with E-state index in [9.17, 15) is 9.90 Å². The van der Waals surface area contributed by atoms with Crippen LogP contribution in [0.4, 0.5) is 0 Å². The fourth-order valence-electron chi connectivity index (χ4n) is 3.55. The van der Waals surface area contributed by atoms with E-state index >= 15 is 0 Å². The zero-order chi connectivity index (χ0) is 19.0. The topological polar surface area (TPSA) is 89.7 Å². The summed E-state index contributed by atoms with van der Waals surface area (Å²) in [4.78, 5) is 14.8. The molecule has 0 unspecified atom stereocenters. The van der Waals surface area contributed by atoms with Gasteiger partial charge in [0.25, 0.3) is 5.91 Å². The van der Waals surface area contributed by atoms with E-state index in [2.05, 4.69) is 21.7 Å². The van der Waals surface area contributed by atoms with E-state index in [0.29, 0.717) is 43.5 Å². The second-order valence-electron chi connectivity index (χ2n) is 7.21. The van der Waals surface area contributed by atoms with E-state index in [0.717, 1.165) is 11.6 Å². The quantitative estimate of drug-likeness (QED) is 0.781. The highest BCUT2D eigenvalue weighted by molar-refractivity contribution is 5.95. The van der Waals surface area contributed by atoms with Gasteiger partial charge in [-0.3, -0.25) is 4.79 Å². The van der Waals surface area contributed by atoms with Crippen molar-refractivity contribution < 1.29 is 19.4 Å². The van der Waals surface area contributed by atoms with Gasteiger partial charge in [0.2, 0.25) is 0 Å². The van der Waals surface area contributed by atoms with Crippen LogP contribution in [0.2, 0.25) is 0 Å². The monoisotopic (exact) mass is 372 g/mol. The number of nitrogens with zero attached hydrogens (tertiary/aromatic N) is 4. The molecule has 1 amide bonds. The van der Waals surface area contributed by atoms with Crippen molar-refractivity contribution in [2.24, 2.45) is 0 Å². The van der Waals surface area contributed by atoms with E-state index < -0.39 is 0 Å². The fourth-order valence-corrected chi connectivity index (χ4v) is 3.55. The molecule has 1 aromatic carbocycles. The molecule has 27 heavy (non-hydrogen) atoms. The minimum Gasteiger partial charge on any atom is -0.508 e. The molecule has 0 bridgehead atoms. The van der Waals surface area contributed by atoms with Crippen LogP contribution < -0.4 is 4.74 Å². The number of benzene rings is 1. The summed E-state index contributed by atoms with van der Waals surface area (Å²) in [6, 6.07) is 4.73. The molecule has 2 aromatic rings. The number of carbonyl (C=O) groups is 1. The third-order valence-corrected chi connectivity index (χ3v) is 4.97. The van der Waals surface area contributed by atoms with Crippen LogP contribution in [0.1, 0.15) is 53.7 Å². The Labute approximate surface area is 157 Å². The van der Waals surface area contributed by atoms with Crippen LogP contribution in [0, 0.1) is 0 Å². The van der Waals surface area contributed by atoms with Gasteiger partial charge in [0, 0.05) is 31.2 Å². The van der Waals surface area contributed by atoms with Gasteiger partial charge in [0.15, 0.2) is 5.82 Å². The largest absolute Gasteiger partial charge is 0.508 e. The summed E-state index contributed by atoms with van der Waals surface area (Å²) in [5.41, 5.74) is 0.394. The molecule has 1 aliphatic heterocycles. The molecule has 0 radical (unpaired) electrons.